The Bertz CT molecular complexity index is 719. The second-order valence-electron chi connectivity index (χ2n) is 10.1. The number of benzene rings is 1. The van der Waals surface area contributed by atoms with Crippen molar-refractivity contribution in [1.29, 1.82) is 0 Å². The van der Waals surface area contributed by atoms with Crippen LogP contribution >= 0.6 is 0 Å². The minimum Gasteiger partial charge on any atom is -0.378 e. The second-order valence-corrected chi connectivity index (χ2v) is 10.1. The monoisotopic (exact) mass is 425 g/mol. The Balaban J connectivity index is 1.27. The zero-order valence-corrected chi connectivity index (χ0v) is 19.0. The summed E-state index contributed by atoms with van der Waals surface area (Å²) < 4.78 is 5.41. The summed E-state index contributed by atoms with van der Waals surface area (Å²) in [4.78, 5) is 20.3. The van der Waals surface area contributed by atoms with Crippen LogP contribution in [0.15, 0.2) is 30.3 Å². The molecule has 1 aromatic carbocycles. The van der Waals surface area contributed by atoms with Gasteiger partial charge in [0.1, 0.15) is 0 Å². The van der Waals surface area contributed by atoms with E-state index in [1.54, 1.807) is 0 Å². The van der Waals surface area contributed by atoms with E-state index in [1.807, 2.05) is 4.90 Å². The van der Waals surface area contributed by atoms with E-state index in [0.717, 1.165) is 50.4 Å². The van der Waals surface area contributed by atoms with Crippen molar-refractivity contribution in [2.75, 3.05) is 45.9 Å². The van der Waals surface area contributed by atoms with Gasteiger partial charge in [-0.1, -0.05) is 30.3 Å². The molecule has 4 heterocycles. The third-order valence-corrected chi connectivity index (χ3v) is 8.26. The third kappa shape index (κ3) is 4.84. The summed E-state index contributed by atoms with van der Waals surface area (Å²) in [6.07, 6.45) is 8.34. The Kier molecular flexibility index (Phi) is 6.92. The Morgan fingerprint density at radius 3 is 2.58 bits per heavy atom. The Morgan fingerprint density at radius 1 is 1.00 bits per heavy atom. The molecule has 5 rings (SSSR count). The first-order chi connectivity index (χ1) is 15.3. The number of hydrogen-bond acceptors (Lipinski definition) is 4. The van der Waals surface area contributed by atoms with Gasteiger partial charge in [0.05, 0.1) is 13.2 Å². The average Bonchev–Trinajstić information content (AvgIpc) is 2.82. The summed E-state index contributed by atoms with van der Waals surface area (Å²) in [6, 6.07) is 12.4. The molecule has 5 nitrogen and oxygen atoms in total. The van der Waals surface area contributed by atoms with Gasteiger partial charge in [0.2, 0.25) is 5.91 Å². The average molecular weight is 426 g/mol. The topological polar surface area (TPSA) is 36.0 Å². The summed E-state index contributed by atoms with van der Waals surface area (Å²) in [7, 11) is 0. The molecule has 0 bridgehead atoms. The first-order valence-corrected chi connectivity index (χ1v) is 12.7. The van der Waals surface area contributed by atoms with Gasteiger partial charge in [-0.05, 0) is 69.0 Å². The van der Waals surface area contributed by atoms with Gasteiger partial charge in [0.15, 0.2) is 0 Å². The highest BCUT2D eigenvalue weighted by molar-refractivity contribution is 5.76. The molecule has 4 aliphatic rings. The van der Waals surface area contributed by atoms with E-state index in [4.69, 9.17) is 4.74 Å². The maximum Gasteiger partial charge on any atom is 0.222 e. The first kappa shape index (κ1) is 21.4. The highest BCUT2D eigenvalue weighted by atomic mass is 16.5. The minimum atomic E-state index is 0.328. The van der Waals surface area contributed by atoms with Crippen molar-refractivity contribution in [1.82, 2.24) is 14.7 Å². The molecule has 0 N–H and O–H groups in total. The zero-order valence-electron chi connectivity index (χ0n) is 19.0. The molecule has 0 aliphatic carbocycles. The summed E-state index contributed by atoms with van der Waals surface area (Å²) in [5.74, 6) is 1.93. The van der Waals surface area contributed by atoms with Crippen molar-refractivity contribution in [3.63, 3.8) is 0 Å². The van der Waals surface area contributed by atoms with Crippen LogP contribution in [0.25, 0.3) is 0 Å². The molecule has 31 heavy (non-hydrogen) atoms. The number of piperidine rings is 3. The molecule has 0 radical (unpaired) electrons. The van der Waals surface area contributed by atoms with Gasteiger partial charge in [-0.25, -0.2) is 0 Å². The van der Waals surface area contributed by atoms with Gasteiger partial charge < -0.3 is 9.64 Å². The highest BCUT2D eigenvalue weighted by Crippen LogP contribution is 2.43. The minimum absolute atomic E-state index is 0.328. The number of hydrogen-bond donors (Lipinski definition) is 0. The van der Waals surface area contributed by atoms with Crippen molar-refractivity contribution in [2.24, 2.45) is 11.8 Å². The van der Waals surface area contributed by atoms with Gasteiger partial charge in [0.25, 0.3) is 0 Å². The maximum absolute atomic E-state index is 12.7. The van der Waals surface area contributed by atoms with Crippen molar-refractivity contribution in [3.8, 4) is 0 Å². The molecule has 0 unspecified atom stereocenters. The lowest BCUT2D eigenvalue weighted by atomic mass is 9.69. The van der Waals surface area contributed by atoms with Crippen LogP contribution in [0.2, 0.25) is 0 Å². The summed E-state index contributed by atoms with van der Waals surface area (Å²) in [6.45, 7) is 7.82. The molecule has 170 valence electrons. The molecular weight excluding hydrogens is 386 g/mol. The zero-order chi connectivity index (χ0) is 21.0. The Hall–Kier alpha value is -1.43. The predicted molar refractivity (Wildman–Crippen MR) is 123 cm³/mol. The fourth-order valence-corrected chi connectivity index (χ4v) is 6.91. The third-order valence-electron chi connectivity index (χ3n) is 8.26. The van der Waals surface area contributed by atoms with E-state index in [2.05, 4.69) is 40.1 Å². The Morgan fingerprint density at radius 2 is 1.77 bits per heavy atom. The van der Waals surface area contributed by atoms with Gasteiger partial charge >= 0.3 is 0 Å². The van der Waals surface area contributed by atoms with Crippen LogP contribution < -0.4 is 0 Å². The molecule has 0 spiro atoms. The number of carbonyl (C=O) groups is 1. The number of rotatable bonds is 6. The second kappa shape index (κ2) is 10.0. The van der Waals surface area contributed by atoms with Crippen molar-refractivity contribution < 1.29 is 9.53 Å². The van der Waals surface area contributed by atoms with E-state index in [1.165, 1.54) is 50.9 Å². The molecule has 4 fully saturated rings. The molecule has 1 aromatic rings. The highest BCUT2D eigenvalue weighted by Gasteiger charge is 2.48. The van der Waals surface area contributed by atoms with E-state index in [9.17, 15) is 4.79 Å². The molecule has 4 aliphatic heterocycles. The van der Waals surface area contributed by atoms with E-state index >= 15 is 0 Å². The smallest absolute Gasteiger partial charge is 0.222 e. The molecule has 1 amide bonds. The number of likely N-dealkylation sites (tertiary alicyclic amines) is 1. The molecule has 4 atom stereocenters. The molecule has 5 heteroatoms. The molecule has 4 saturated heterocycles. The largest absolute Gasteiger partial charge is 0.378 e. The van der Waals surface area contributed by atoms with Crippen LogP contribution in [0.3, 0.4) is 0 Å². The number of amides is 1. The number of ether oxygens (including phenoxy) is 1. The van der Waals surface area contributed by atoms with Crippen LogP contribution in [-0.2, 0) is 16.1 Å². The van der Waals surface area contributed by atoms with Crippen LogP contribution in [0.5, 0.6) is 0 Å². The van der Waals surface area contributed by atoms with Gasteiger partial charge in [0, 0.05) is 44.7 Å². The number of morpholine rings is 1. The maximum atomic E-state index is 12.7. The number of nitrogens with zero attached hydrogens (tertiary/aromatic N) is 3. The first-order valence-electron chi connectivity index (χ1n) is 12.7. The SMILES string of the molecule is O=C(CCC[C@@H]1[C@H]2CCCN3CCC[C@@H](CN1Cc1ccccc1)[C@@H]23)N1CCOCC1. The normalized spacial score (nSPS) is 31.9. The fourth-order valence-electron chi connectivity index (χ4n) is 6.91. The lowest BCUT2D eigenvalue weighted by molar-refractivity contribution is -0.135. The lowest BCUT2D eigenvalue weighted by Crippen LogP contribution is -2.64. The van der Waals surface area contributed by atoms with E-state index < -0.39 is 0 Å². The fraction of sp³-hybridized carbons (Fsp3) is 0.731. The van der Waals surface area contributed by atoms with Gasteiger partial charge in [-0.2, -0.15) is 0 Å². The number of carbonyl (C=O) groups excluding carboxylic acids is 1. The van der Waals surface area contributed by atoms with Crippen LogP contribution in [0.1, 0.15) is 50.5 Å². The molecule has 0 saturated carbocycles. The standard InChI is InChI=1S/C26H39N3O2/c30-25(27-15-17-31-18-16-27)12-4-11-24-23-10-6-14-28-13-5-9-22(26(23)28)20-29(24)19-21-7-2-1-3-8-21/h1-3,7-8,22-24,26H,4-6,9-20H2/t22-,23+,24+,26-/m0/s1. The molecular formula is C26H39N3O2. The van der Waals surface area contributed by atoms with Crippen molar-refractivity contribution in [3.05, 3.63) is 35.9 Å². The summed E-state index contributed by atoms with van der Waals surface area (Å²) in [5, 5.41) is 0. The molecule has 0 aromatic heterocycles. The van der Waals surface area contributed by atoms with Crippen LogP contribution in [0.4, 0.5) is 0 Å². The summed E-state index contributed by atoms with van der Waals surface area (Å²) in [5.41, 5.74) is 1.43. The van der Waals surface area contributed by atoms with Crippen molar-refractivity contribution in [2.45, 2.75) is 63.6 Å². The summed E-state index contributed by atoms with van der Waals surface area (Å²) >= 11 is 0. The van der Waals surface area contributed by atoms with E-state index in [0.29, 0.717) is 31.6 Å². The van der Waals surface area contributed by atoms with Crippen LogP contribution in [-0.4, -0.2) is 78.6 Å². The Labute approximate surface area is 187 Å². The van der Waals surface area contributed by atoms with Crippen molar-refractivity contribution >= 4 is 5.91 Å². The predicted octanol–water partition coefficient (Wildman–Crippen LogP) is 3.39. The van der Waals surface area contributed by atoms with Gasteiger partial charge in [-0.15, -0.1) is 0 Å². The van der Waals surface area contributed by atoms with Crippen LogP contribution in [0, 0.1) is 11.8 Å². The van der Waals surface area contributed by atoms with Gasteiger partial charge in [-0.3, -0.25) is 14.6 Å². The lowest BCUT2D eigenvalue weighted by Gasteiger charge is -2.57. The quantitative estimate of drug-likeness (QED) is 0.700. The van der Waals surface area contributed by atoms with E-state index in [-0.39, 0.29) is 0 Å².